The molecule has 5 heteroatoms. The van der Waals surface area contributed by atoms with Crippen LogP contribution in [0.5, 0.6) is 0 Å². The van der Waals surface area contributed by atoms with E-state index in [2.05, 4.69) is 27.4 Å². The molecule has 4 aromatic rings. The second-order valence-electron chi connectivity index (χ2n) is 4.94. The first kappa shape index (κ1) is 12.6. The summed E-state index contributed by atoms with van der Waals surface area (Å²) in [6, 6.07) is 14.0. The summed E-state index contributed by atoms with van der Waals surface area (Å²) in [6.45, 7) is 0.589. The molecule has 0 radical (unpaired) electrons. The Kier molecular flexibility index (Phi) is 3.08. The van der Waals surface area contributed by atoms with Crippen LogP contribution in [0.3, 0.4) is 0 Å². The van der Waals surface area contributed by atoms with Crippen molar-refractivity contribution < 1.29 is 4.42 Å². The maximum absolute atomic E-state index is 5.33. The van der Waals surface area contributed by atoms with Gasteiger partial charge in [0.1, 0.15) is 11.3 Å². The van der Waals surface area contributed by atoms with Gasteiger partial charge in [-0.2, -0.15) is 0 Å². The Morgan fingerprint density at radius 2 is 1.95 bits per heavy atom. The van der Waals surface area contributed by atoms with Crippen LogP contribution >= 0.6 is 0 Å². The zero-order valence-electron chi connectivity index (χ0n) is 11.8. The molecule has 3 aromatic heterocycles. The highest BCUT2D eigenvalue weighted by atomic mass is 16.3. The maximum atomic E-state index is 5.33. The number of imidazole rings is 1. The van der Waals surface area contributed by atoms with Crippen molar-refractivity contribution in [2.75, 3.05) is 5.32 Å². The standard InChI is InChI=1S/C17H14N4O/c1-2-5-13(6-3-1)15-11-20-17(16-10-18-12-21(15)16)19-9-14-7-4-8-22-14/h1-8,10-12H,9H2,(H,19,20). The first-order valence-electron chi connectivity index (χ1n) is 7.04. The first-order chi connectivity index (χ1) is 10.9. The molecule has 0 aliphatic carbocycles. The van der Waals surface area contributed by atoms with Gasteiger partial charge in [-0.25, -0.2) is 9.97 Å². The summed E-state index contributed by atoms with van der Waals surface area (Å²) in [7, 11) is 0. The molecule has 0 fully saturated rings. The highest BCUT2D eigenvalue weighted by Gasteiger charge is 2.09. The number of nitrogens with zero attached hydrogens (tertiary/aromatic N) is 3. The Balaban J connectivity index is 1.72. The lowest BCUT2D eigenvalue weighted by Gasteiger charge is -2.10. The molecule has 22 heavy (non-hydrogen) atoms. The quantitative estimate of drug-likeness (QED) is 0.624. The van der Waals surface area contributed by atoms with Gasteiger partial charge in [-0.05, 0) is 12.1 Å². The molecule has 1 N–H and O–H groups in total. The number of anilines is 1. The van der Waals surface area contributed by atoms with E-state index in [-0.39, 0.29) is 0 Å². The predicted molar refractivity (Wildman–Crippen MR) is 84.5 cm³/mol. The third-order valence-electron chi connectivity index (χ3n) is 3.54. The molecule has 3 heterocycles. The van der Waals surface area contributed by atoms with E-state index in [1.165, 1.54) is 0 Å². The SMILES string of the molecule is c1ccc(-c2cnc(NCc3ccco3)c3cncn23)cc1. The van der Waals surface area contributed by atoms with Gasteiger partial charge in [0, 0.05) is 5.56 Å². The summed E-state index contributed by atoms with van der Waals surface area (Å²) in [4.78, 5) is 8.79. The van der Waals surface area contributed by atoms with Crippen LogP contribution < -0.4 is 5.32 Å². The molecule has 0 saturated carbocycles. The van der Waals surface area contributed by atoms with Gasteiger partial charge in [-0.1, -0.05) is 30.3 Å². The number of rotatable bonds is 4. The van der Waals surface area contributed by atoms with Crippen molar-refractivity contribution in [3.63, 3.8) is 0 Å². The van der Waals surface area contributed by atoms with Crippen molar-refractivity contribution in [3.05, 3.63) is 73.2 Å². The monoisotopic (exact) mass is 290 g/mol. The molecular formula is C17H14N4O. The Labute approximate surface area is 127 Å². The van der Waals surface area contributed by atoms with E-state index in [0.29, 0.717) is 6.54 Å². The van der Waals surface area contributed by atoms with Crippen LogP contribution in [0.25, 0.3) is 16.8 Å². The van der Waals surface area contributed by atoms with E-state index in [9.17, 15) is 0 Å². The van der Waals surface area contributed by atoms with Crippen LogP contribution in [0.1, 0.15) is 5.76 Å². The van der Waals surface area contributed by atoms with E-state index in [1.54, 1.807) is 12.6 Å². The first-order valence-corrected chi connectivity index (χ1v) is 7.04. The fourth-order valence-electron chi connectivity index (χ4n) is 2.46. The molecule has 0 bridgehead atoms. The van der Waals surface area contributed by atoms with Crippen molar-refractivity contribution in [1.82, 2.24) is 14.4 Å². The van der Waals surface area contributed by atoms with E-state index in [1.807, 2.05) is 47.1 Å². The Morgan fingerprint density at radius 3 is 2.77 bits per heavy atom. The van der Waals surface area contributed by atoms with Gasteiger partial charge in [0.05, 0.1) is 37.2 Å². The second-order valence-corrected chi connectivity index (χ2v) is 4.94. The molecule has 0 saturated heterocycles. The molecule has 0 aliphatic rings. The summed E-state index contributed by atoms with van der Waals surface area (Å²) in [5, 5.41) is 3.29. The van der Waals surface area contributed by atoms with Crippen LogP contribution in [0.2, 0.25) is 0 Å². The van der Waals surface area contributed by atoms with E-state index >= 15 is 0 Å². The highest BCUT2D eigenvalue weighted by Crippen LogP contribution is 2.23. The van der Waals surface area contributed by atoms with Gasteiger partial charge < -0.3 is 9.73 Å². The van der Waals surface area contributed by atoms with Gasteiger partial charge in [0.2, 0.25) is 0 Å². The van der Waals surface area contributed by atoms with Crippen LogP contribution in [0, 0.1) is 0 Å². The zero-order valence-corrected chi connectivity index (χ0v) is 11.8. The summed E-state index contributed by atoms with van der Waals surface area (Å²) in [5.74, 6) is 1.65. The Bertz CT molecular complexity index is 882. The zero-order chi connectivity index (χ0) is 14.8. The minimum atomic E-state index is 0.589. The van der Waals surface area contributed by atoms with E-state index in [0.717, 1.165) is 28.4 Å². The fraction of sp³-hybridized carbons (Fsp3) is 0.0588. The lowest BCUT2D eigenvalue weighted by Crippen LogP contribution is -2.03. The highest BCUT2D eigenvalue weighted by molar-refractivity contribution is 5.72. The van der Waals surface area contributed by atoms with Gasteiger partial charge >= 0.3 is 0 Å². The third kappa shape index (κ3) is 2.22. The lowest BCUT2D eigenvalue weighted by atomic mass is 10.1. The summed E-state index contributed by atoms with van der Waals surface area (Å²) in [6.07, 6.45) is 7.13. The number of furan rings is 1. The van der Waals surface area contributed by atoms with E-state index < -0.39 is 0 Å². The summed E-state index contributed by atoms with van der Waals surface area (Å²) >= 11 is 0. The van der Waals surface area contributed by atoms with Crippen molar-refractivity contribution in [3.8, 4) is 11.3 Å². The average Bonchev–Trinajstić information content (AvgIpc) is 3.25. The topological polar surface area (TPSA) is 55.4 Å². The molecule has 0 atom stereocenters. The van der Waals surface area contributed by atoms with Crippen LogP contribution in [-0.4, -0.2) is 14.4 Å². The lowest BCUT2D eigenvalue weighted by molar-refractivity contribution is 0.518. The molecule has 108 valence electrons. The van der Waals surface area contributed by atoms with Gasteiger partial charge in [-0.3, -0.25) is 4.40 Å². The van der Waals surface area contributed by atoms with Gasteiger partial charge in [0.25, 0.3) is 0 Å². The largest absolute Gasteiger partial charge is 0.467 e. The molecule has 4 rings (SSSR count). The van der Waals surface area contributed by atoms with Crippen molar-refractivity contribution >= 4 is 11.3 Å². The predicted octanol–water partition coefficient (Wildman–Crippen LogP) is 3.60. The number of hydrogen-bond donors (Lipinski definition) is 1. The normalized spacial score (nSPS) is 10.9. The Hall–Kier alpha value is -3.08. The van der Waals surface area contributed by atoms with Crippen molar-refractivity contribution in [2.45, 2.75) is 6.54 Å². The molecule has 0 unspecified atom stereocenters. The summed E-state index contributed by atoms with van der Waals surface area (Å²) < 4.78 is 7.36. The second kappa shape index (κ2) is 5.37. The summed E-state index contributed by atoms with van der Waals surface area (Å²) in [5.41, 5.74) is 3.06. The van der Waals surface area contributed by atoms with Crippen molar-refractivity contribution in [1.29, 1.82) is 0 Å². The molecular weight excluding hydrogens is 276 g/mol. The smallest absolute Gasteiger partial charge is 0.152 e. The van der Waals surface area contributed by atoms with E-state index in [4.69, 9.17) is 4.42 Å². The van der Waals surface area contributed by atoms with Gasteiger partial charge in [-0.15, -0.1) is 0 Å². The fourth-order valence-corrected chi connectivity index (χ4v) is 2.46. The third-order valence-corrected chi connectivity index (χ3v) is 3.54. The molecule has 1 aromatic carbocycles. The number of nitrogens with one attached hydrogen (secondary N) is 1. The van der Waals surface area contributed by atoms with Crippen LogP contribution in [0.15, 0.2) is 71.9 Å². The molecule has 0 spiro atoms. The molecule has 0 aliphatic heterocycles. The minimum absolute atomic E-state index is 0.589. The minimum Gasteiger partial charge on any atom is -0.467 e. The van der Waals surface area contributed by atoms with Crippen LogP contribution in [0.4, 0.5) is 5.82 Å². The van der Waals surface area contributed by atoms with Crippen LogP contribution in [-0.2, 0) is 6.54 Å². The number of fused-ring (bicyclic) bond motifs is 1. The molecule has 0 amide bonds. The van der Waals surface area contributed by atoms with Crippen molar-refractivity contribution in [2.24, 2.45) is 0 Å². The maximum Gasteiger partial charge on any atom is 0.152 e. The van der Waals surface area contributed by atoms with Gasteiger partial charge in [0.15, 0.2) is 5.82 Å². The average molecular weight is 290 g/mol. The number of hydrogen-bond acceptors (Lipinski definition) is 4. The molecule has 5 nitrogen and oxygen atoms in total. The number of benzene rings is 1. The Morgan fingerprint density at radius 1 is 1.05 bits per heavy atom. The number of aromatic nitrogens is 3.